The van der Waals surface area contributed by atoms with Gasteiger partial charge in [-0.2, -0.15) is 5.10 Å². The van der Waals surface area contributed by atoms with Gasteiger partial charge in [0.25, 0.3) is 0 Å². The number of fused-ring (bicyclic) bond motifs is 1. The van der Waals surface area contributed by atoms with Crippen LogP contribution in [0.4, 0.5) is 0 Å². The number of pyridine rings is 1. The number of aromatic amines is 1. The molecule has 0 spiro atoms. The van der Waals surface area contributed by atoms with Crippen molar-refractivity contribution in [3.8, 4) is 0 Å². The van der Waals surface area contributed by atoms with E-state index in [9.17, 15) is 0 Å². The second kappa shape index (κ2) is 3.08. The van der Waals surface area contributed by atoms with E-state index in [-0.39, 0.29) is 6.84 Å². The van der Waals surface area contributed by atoms with Crippen molar-refractivity contribution in [1.82, 2.24) is 15.2 Å². The Bertz CT molecular complexity index is 448. The van der Waals surface area contributed by atoms with Crippen molar-refractivity contribution in [3.63, 3.8) is 0 Å². The number of nitrogens with zero attached hydrogens (tertiary/aromatic N) is 2. The summed E-state index contributed by atoms with van der Waals surface area (Å²) in [4.78, 5) is 4.45. The first-order valence-corrected chi connectivity index (χ1v) is 4.93. The van der Waals surface area contributed by atoms with Gasteiger partial charge in [0.1, 0.15) is 0 Å². The number of hydrogen-bond donors (Lipinski definition) is 1. The highest BCUT2D eigenvalue weighted by Gasteiger charge is 2.19. The molecule has 0 amide bonds. The molecule has 3 nitrogen and oxygen atoms in total. The van der Waals surface area contributed by atoms with E-state index in [0.717, 1.165) is 23.0 Å². The Morgan fingerprint density at radius 2 is 2.21 bits per heavy atom. The Kier molecular flexibility index (Phi) is 2.02. The fraction of sp³-hybridized carbons (Fsp3) is 0.455. The van der Waals surface area contributed by atoms with Crippen LogP contribution in [0.5, 0.6) is 0 Å². The van der Waals surface area contributed by atoms with Crippen molar-refractivity contribution in [3.05, 3.63) is 24.2 Å². The van der Waals surface area contributed by atoms with Crippen LogP contribution in [0, 0.1) is 0 Å². The van der Waals surface area contributed by atoms with Gasteiger partial charge in [0, 0.05) is 17.9 Å². The molecular formula is C11H17N3. The maximum Gasteiger partial charge on any atom is 0.0833 e. The first-order chi connectivity index (χ1) is 6.63. The largest absolute Gasteiger partial charge is 0.276 e. The molecule has 2 aromatic rings. The lowest BCUT2D eigenvalue weighted by Crippen LogP contribution is -2.16. The van der Waals surface area contributed by atoms with Crippen molar-refractivity contribution >= 4 is 10.9 Å². The highest BCUT2D eigenvalue weighted by molar-refractivity contribution is 5.77. The van der Waals surface area contributed by atoms with Gasteiger partial charge in [0.05, 0.1) is 17.9 Å². The molecule has 0 radical (unpaired) electrons. The fourth-order valence-electron chi connectivity index (χ4n) is 1.39. The van der Waals surface area contributed by atoms with Crippen LogP contribution >= 0.6 is 0 Å². The lowest BCUT2D eigenvalue weighted by molar-refractivity contribution is 0.491. The average molecular weight is 191 g/mol. The lowest BCUT2D eigenvalue weighted by atomic mass is 9.86. The van der Waals surface area contributed by atoms with Crippen LogP contribution in [0.15, 0.2) is 18.5 Å². The van der Waals surface area contributed by atoms with Gasteiger partial charge >= 0.3 is 0 Å². The Labute approximate surface area is 85.0 Å². The van der Waals surface area contributed by atoms with Crippen LogP contribution in [0.25, 0.3) is 10.9 Å². The molecule has 2 heterocycles. The molecule has 3 heteroatoms. The molecule has 14 heavy (non-hydrogen) atoms. The molecule has 0 atom stereocenters. The Morgan fingerprint density at radius 3 is 2.93 bits per heavy atom. The predicted octanol–water partition coefficient (Wildman–Crippen LogP) is 2.89. The lowest BCUT2D eigenvalue weighted by Gasteiger charge is -2.21. The quantitative estimate of drug-likeness (QED) is 0.793. The number of hydrogen-bond acceptors (Lipinski definition) is 2. The summed E-state index contributed by atoms with van der Waals surface area (Å²) in [5, 5.41) is 8.02. The van der Waals surface area contributed by atoms with Crippen LogP contribution in [0.2, 0.25) is 0 Å². The maximum absolute atomic E-state index is 4.45. The molecule has 0 aliphatic rings. The summed E-state index contributed by atoms with van der Waals surface area (Å²) in [5.74, 6) is 0. The summed E-state index contributed by atoms with van der Waals surface area (Å²) in [6.07, 6.45) is 4.78. The molecule has 0 unspecified atom stereocenters. The van der Waals surface area contributed by atoms with Crippen LogP contribution < -0.4 is 0 Å². The molecule has 2 aromatic heterocycles. The molecule has 1 N–H and O–H groups in total. The van der Waals surface area contributed by atoms with Crippen molar-refractivity contribution in [2.75, 3.05) is 0 Å². The number of rotatable bonds is 2. The summed E-state index contributed by atoms with van der Waals surface area (Å²) in [6.45, 7) is 6.60. The molecular weight excluding hydrogens is 174 g/mol. The van der Waals surface area contributed by atoms with Gasteiger partial charge in [-0.25, -0.2) is 0 Å². The second-order valence-electron chi connectivity index (χ2n) is 4.26. The highest BCUT2D eigenvalue weighted by Crippen LogP contribution is 2.26. The molecule has 0 aliphatic heterocycles. The third-order valence-electron chi connectivity index (χ3n) is 2.90. The van der Waals surface area contributed by atoms with Gasteiger partial charge < -0.3 is 0 Å². The topological polar surface area (TPSA) is 41.6 Å². The molecule has 0 aromatic carbocycles. The first kappa shape index (κ1) is 9.19. The normalized spacial score (nSPS) is 12.2. The van der Waals surface area contributed by atoms with Gasteiger partial charge in [0.2, 0.25) is 0 Å². The predicted molar refractivity (Wildman–Crippen MR) is 59.3 cm³/mol. The monoisotopic (exact) mass is 191 g/mol. The van der Waals surface area contributed by atoms with Gasteiger partial charge in [-0.3, -0.25) is 10.1 Å². The summed E-state index contributed by atoms with van der Waals surface area (Å²) in [5.41, 5.74) is 2.28. The zero-order valence-electron chi connectivity index (χ0n) is 8.83. The van der Waals surface area contributed by atoms with Crippen LogP contribution in [-0.4, -0.2) is 15.2 Å². The van der Waals surface area contributed by atoms with Crippen molar-refractivity contribution in [2.45, 2.75) is 32.6 Å². The van der Waals surface area contributed by atoms with Crippen LogP contribution in [-0.2, 0) is 5.41 Å². The minimum absolute atomic E-state index is 0. The smallest absolute Gasteiger partial charge is 0.0833 e. The fourth-order valence-corrected chi connectivity index (χ4v) is 1.39. The second-order valence-corrected chi connectivity index (χ2v) is 4.26. The highest BCUT2D eigenvalue weighted by atomic mass is 15.1. The third-order valence-corrected chi connectivity index (χ3v) is 2.90. The van der Waals surface area contributed by atoms with E-state index in [0.29, 0.717) is 0 Å². The van der Waals surface area contributed by atoms with Crippen molar-refractivity contribution in [2.24, 2.45) is 0 Å². The molecule has 0 saturated carbocycles. The SMILES string of the molecule is CCC(C)(C)c1cc2cn[nH]c2cn1.[HH]. The zero-order valence-corrected chi connectivity index (χ0v) is 8.83. The maximum atomic E-state index is 4.45. The van der Waals surface area contributed by atoms with Gasteiger partial charge in [0.15, 0.2) is 0 Å². The number of nitrogens with one attached hydrogen (secondary N) is 1. The standard InChI is InChI=1S/C11H15N3.H2/c1-4-11(2,3)10-5-8-6-13-14-9(8)7-12-10;/h5-7H,4H2,1-3H3,(H,13,14);1H. The number of aromatic nitrogens is 3. The van der Waals surface area contributed by atoms with Crippen molar-refractivity contribution < 1.29 is 1.43 Å². The van der Waals surface area contributed by atoms with Crippen molar-refractivity contribution in [1.29, 1.82) is 0 Å². The minimum atomic E-state index is 0. The average Bonchev–Trinajstić information content (AvgIpc) is 2.64. The summed E-state index contributed by atoms with van der Waals surface area (Å²) >= 11 is 0. The summed E-state index contributed by atoms with van der Waals surface area (Å²) in [7, 11) is 0. The van der Waals surface area contributed by atoms with E-state index in [1.165, 1.54) is 0 Å². The third kappa shape index (κ3) is 1.39. The Hall–Kier alpha value is -1.38. The molecule has 0 bridgehead atoms. The molecule has 0 saturated heterocycles. The van der Waals surface area contributed by atoms with E-state index in [2.05, 4.69) is 42.0 Å². The Balaban J connectivity index is 0.00000112. The van der Waals surface area contributed by atoms with E-state index in [1.807, 2.05) is 12.4 Å². The van der Waals surface area contributed by atoms with E-state index < -0.39 is 0 Å². The van der Waals surface area contributed by atoms with Crippen LogP contribution in [0.3, 0.4) is 0 Å². The van der Waals surface area contributed by atoms with E-state index in [4.69, 9.17) is 0 Å². The Morgan fingerprint density at radius 1 is 1.43 bits per heavy atom. The van der Waals surface area contributed by atoms with Crippen LogP contribution in [0.1, 0.15) is 34.3 Å². The van der Waals surface area contributed by atoms with Gasteiger partial charge in [-0.1, -0.05) is 20.8 Å². The molecule has 0 aliphatic carbocycles. The molecule has 76 valence electrons. The molecule has 2 rings (SSSR count). The molecule has 0 fully saturated rings. The summed E-state index contributed by atoms with van der Waals surface area (Å²) < 4.78 is 0. The van der Waals surface area contributed by atoms with Gasteiger partial charge in [-0.15, -0.1) is 0 Å². The van der Waals surface area contributed by atoms with E-state index >= 15 is 0 Å². The minimum Gasteiger partial charge on any atom is -0.276 e. The zero-order chi connectivity index (χ0) is 10.2. The van der Waals surface area contributed by atoms with E-state index in [1.54, 1.807) is 0 Å². The summed E-state index contributed by atoms with van der Waals surface area (Å²) in [6, 6.07) is 2.11. The number of H-pyrrole nitrogens is 1. The first-order valence-electron chi connectivity index (χ1n) is 4.93. The van der Waals surface area contributed by atoms with Gasteiger partial charge in [-0.05, 0) is 12.5 Å².